The summed E-state index contributed by atoms with van der Waals surface area (Å²) in [4.78, 5) is 12.2. The van der Waals surface area contributed by atoms with E-state index in [1.165, 1.54) is 11.4 Å². The van der Waals surface area contributed by atoms with Crippen LogP contribution in [0.25, 0.3) is 0 Å². The fourth-order valence-electron chi connectivity index (χ4n) is 2.38. The summed E-state index contributed by atoms with van der Waals surface area (Å²) in [7, 11) is -1.89. The van der Waals surface area contributed by atoms with Crippen LogP contribution in [-0.4, -0.2) is 46.9 Å². The van der Waals surface area contributed by atoms with Gasteiger partial charge in [-0.3, -0.25) is 9.10 Å². The topological polar surface area (TPSA) is 75.7 Å². The van der Waals surface area contributed by atoms with Crippen molar-refractivity contribution < 1.29 is 17.9 Å². The van der Waals surface area contributed by atoms with Crippen LogP contribution in [0.1, 0.15) is 28.8 Å². The van der Waals surface area contributed by atoms with Crippen molar-refractivity contribution in [2.75, 3.05) is 30.8 Å². The number of carbonyl (C=O) groups excluding carboxylic acids is 1. The molecule has 1 aromatic rings. The van der Waals surface area contributed by atoms with Gasteiger partial charge >= 0.3 is 0 Å². The van der Waals surface area contributed by atoms with Gasteiger partial charge in [0.1, 0.15) is 0 Å². The Morgan fingerprint density at radius 3 is 2.77 bits per heavy atom. The number of aryl methyl sites for hydroxylation is 1. The first kappa shape index (κ1) is 16.8. The highest BCUT2D eigenvalue weighted by molar-refractivity contribution is 7.92. The number of carbonyl (C=O) groups is 1. The van der Waals surface area contributed by atoms with Crippen LogP contribution in [0.15, 0.2) is 18.2 Å². The van der Waals surface area contributed by atoms with Gasteiger partial charge in [-0.2, -0.15) is 0 Å². The third-order valence-electron chi connectivity index (χ3n) is 3.82. The van der Waals surface area contributed by atoms with Crippen molar-refractivity contribution in [2.45, 2.75) is 25.9 Å². The lowest BCUT2D eigenvalue weighted by Gasteiger charge is -2.20. The van der Waals surface area contributed by atoms with E-state index in [0.29, 0.717) is 17.8 Å². The highest BCUT2D eigenvalue weighted by atomic mass is 32.2. The van der Waals surface area contributed by atoms with Crippen LogP contribution in [0.3, 0.4) is 0 Å². The van der Waals surface area contributed by atoms with E-state index in [0.717, 1.165) is 31.3 Å². The Hall–Kier alpha value is -1.60. The summed E-state index contributed by atoms with van der Waals surface area (Å²) in [6.07, 6.45) is 3.19. The lowest BCUT2D eigenvalue weighted by atomic mass is 10.1. The number of rotatable bonds is 5. The fourth-order valence-corrected chi connectivity index (χ4v) is 2.94. The molecular weight excluding hydrogens is 304 g/mol. The Bertz CT molecular complexity index is 652. The summed E-state index contributed by atoms with van der Waals surface area (Å²) < 4.78 is 30.0. The molecule has 1 atom stereocenters. The van der Waals surface area contributed by atoms with E-state index >= 15 is 0 Å². The molecule has 2 rings (SSSR count). The van der Waals surface area contributed by atoms with Gasteiger partial charge in [-0.25, -0.2) is 8.42 Å². The summed E-state index contributed by atoms with van der Waals surface area (Å²) in [5, 5.41) is 2.83. The Morgan fingerprint density at radius 1 is 1.45 bits per heavy atom. The SMILES string of the molecule is Cc1ccc(C(=O)NC[C@H]2CCCO2)cc1N(C)S(C)(=O)=O. The second kappa shape index (κ2) is 6.66. The van der Waals surface area contributed by atoms with Gasteiger partial charge in [0.25, 0.3) is 5.91 Å². The van der Waals surface area contributed by atoms with Gasteiger partial charge < -0.3 is 10.1 Å². The number of sulfonamides is 1. The smallest absolute Gasteiger partial charge is 0.251 e. The van der Waals surface area contributed by atoms with Crippen molar-refractivity contribution in [1.29, 1.82) is 0 Å². The quantitative estimate of drug-likeness (QED) is 0.885. The molecule has 6 nitrogen and oxygen atoms in total. The van der Waals surface area contributed by atoms with Crippen molar-refractivity contribution in [3.05, 3.63) is 29.3 Å². The number of benzene rings is 1. The predicted octanol–water partition coefficient (Wildman–Crippen LogP) is 1.30. The molecule has 0 radical (unpaired) electrons. The number of hydrogen-bond acceptors (Lipinski definition) is 4. The first-order valence-electron chi connectivity index (χ1n) is 7.23. The molecule has 1 fully saturated rings. The molecule has 122 valence electrons. The van der Waals surface area contributed by atoms with Crippen LogP contribution in [0.5, 0.6) is 0 Å². The van der Waals surface area contributed by atoms with E-state index in [4.69, 9.17) is 4.74 Å². The average molecular weight is 326 g/mol. The molecule has 1 amide bonds. The van der Waals surface area contributed by atoms with Crippen molar-refractivity contribution in [3.63, 3.8) is 0 Å². The van der Waals surface area contributed by atoms with E-state index in [9.17, 15) is 13.2 Å². The molecule has 0 bridgehead atoms. The molecule has 22 heavy (non-hydrogen) atoms. The summed E-state index contributed by atoms with van der Waals surface area (Å²) in [5.74, 6) is -0.223. The largest absolute Gasteiger partial charge is 0.376 e. The molecule has 0 aliphatic carbocycles. The standard InChI is InChI=1S/C15H22N2O4S/c1-11-6-7-12(9-14(11)17(2)22(3,19)20)15(18)16-10-13-5-4-8-21-13/h6-7,9,13H,4-5,8,10H2,1-3H3,(H,16,18)/t13-/m1/s1. The minimum atomic E-state index is -3.36. The Labute approximate surface area is 131 Å². The lowest BCUT2D eigenvalue weighted by molar-refractivity contribution is 0.0858. The van der Waals surface area contributed by atoms with Crippen LogP contribution in [0.4, 0.5) is 5.69 Å². The minimum absolute atomic E-state index is 0.0764. The highest BCUT2D eigenvalue weighted by Crippen LogP contribution is 2.22. The minimum Gasteiger partial charge on any atom is -0.376 e. The Morgan fingerprint density at radius 2 is 2.18 bits per heavy atom. The number of hydrogen-bond donors (Lipinski definition) is 1. The summed E-state index contributed by atoms with van der Waals surface area (Å²) in [6.45, 7) is 3.03. The molecule has 1 heterocycles. The summed E-state index contributed by atoms with van der Waals surface area (Å²) in [6, 6.07) is 5.04. The number of anilines is 1. The van der Waals surface area contributed by atoms with Crippen LogP contribution >= 0.6 is 0 Å². The van der Waals surface area contributed by atoms with E-state index in [1.807, 2.05) is 6.92 Å². The lowest BCUT2D eigenvalue weighted by Crippen LogP contribution is -2.32. The number of ether oxygens (including phenoxy) is 1. The van der Waals surface area contributed by atoms with E-state index in [1.54, 1.807) is 18.2 Å². The van der Waals surface area contributed by atoms with Gasteiger partial charge in [0.05, 0.1) is 18.0 Å². The van der Waals surface area contributed by atoms with E-state index in [-0.39, 0.29) is 12.0 Å². The highest BCUT2D eigenvalue weighted by Gasteiger charge is 2.19. The van der Waals surface area contributed by atoms with Gasteiger partial charge in [0.15, 0.2) is 0 Å². The zero-order chi connectivity index (χ0) is 16.3. The number of amides is 1. The van der Waals surface area contributed by atoms with Crippen molar-refractivity contribution in [2.24, 2.45) is 0 Å². The third kappa shape index (κ3) is 3.98. The molecule has 1 N–H and O–H groups in total. The van der Waals surface area contributed by atoms with Crippen LogP contribution in [0.2, 0.25) is 0 Å². The fraction of sp³-hybridized carbons (Fsp3) is 0.533. The monoisotopic (exact) mass is 326 g/mol. The summed E-state index contributed by atoms with van der Waals surface area (Å²) in [5.41, 5.74) is 1.74. The van der Waals surface area contributed by atoms with Gasteiger partial charge in [-0.1, -0.05) is 6.07 Å². The van der Waals surface area contributed by atoms with Crippen LogP contribution in [0, 0.1) is 6.92 Å². The maximum atomic E-state index is 12.2. The Balaban J connectivity index is 2.12. The molecule has 0 spiro atoms. The normalized spacial score (nSPS) is 18.2. The van der Waals surface area contributed by atoms with Gasteiger partial charge in [0, 0.05) is 25.8 Å². The van der Waals surface area contributed by atoms with Crippen molar-refractivity contribution in [1.82, 2.24) is 5.32 Å². The van der Waals surface area contributed by atoms with Crippen LogP contribution in [-0.2, 0) is 14.8 Å². The molecule has 1 aliphatic rings. The number of nitrogens with one attached hydrogen (secondary N) is 1. The van der Waals surface area contributed by atoms with Crippen molar-refractivity contribution >= 4 is 21.6 Å². The zero-order valence-electron chi connectivity index (χ0n) is 13.1. The van der Waals surface area contributed by atoms with E-state index in [2.05, 4.69) is 5.32 Å². The van der Waals surface area contributed by atoms with Gasteiger partial charge in [0.2, 0.25) is 10.0 Å². The zero-order valence-corrected chi connectivity index (χ0v) is 13.9. The average Bonchev–Trinajstić information content (AvgIpc) is 2.97. The van der Waals surface area contributed by atoms with Crippen LogP contribution < -0.4 is 9.62 Å². The molecule has 1 saturated heterocycles. The third-order valence-corrected chi connectivity index (χ3v) is 5.01. The summed E-state index contributed by atoms with van der Waals surface area (Å²) >= 11 is 0. The molecular formula is C15H22N2O4S. The van der Waals surface area contributed by atoms with Gasteiger partial charge in [-0.15, -0.1) is 0 Å². The predicted molar refractivity (Wildman–Crippen MR) is 85.7 cm³/mol. The molecule has 1 aromatic carbocycles. The first-order valence-corrected chi connectivity index (χ1v) is 9.08. The second-order valence-electron chi connectivity index (χ2n) is 5.58. The van der Waals surface area contributed by atoms with Gasteiger partial charge in [-0.05, 0) is 37.5 Å². The maximum absolute atomic E-state index is 12.2. The molecule has 7 heteroatoms. The molecule has 1 aliphatic heterocycles. The van der Waals surface area contributed by atoms with E-state index < -0.39 is 10.0 Å². The first-order chi connectivity index (χ1) is 10.3. The molecule has 0 unspecified atom stereocenters. The maximum Gasteiger partial charge on any atom is 0.251 e. The Kier molecular flexibility index (Phi) is 5.08. The second-order valence-corrected chi connectivity index (χ2v) is 7.59. The number of nitrogens with zero attached hydrogens (tertiary/aromatic N) is 1. The molecule has 0 aromatic heterocycles. The molecule has 0 saturated carbocycles. The van der Waals surface area contributed by atoms with Crippen molar-refractivity contribution in [3.8, 4) is 0 Å².